The number of amides is 2. The number of carbonyl (C=O) groups is 3. The van der Waals surface area contributed by atoms with Crippen LogP contribution in [0.3, 0.4) is 0 Å². The maximum absolute atomic E-state index is 15.1. The normalized spacial score (nSPS) is 36.3. The summed E-state index contributed by atoms with van der Waals surface area (Å²) < 4.78 is 64.7. The molecule has 5 fully saturated rings. The molecule has 13 nitrogen and oxygen atoms in total. The minimum absolute atomic E-state index is 0.0189. The van der Waals surface area contributed by atoms with E-state index in [4.69, 9.17) is 41.7 Å². The molecule has 472 valence electrons. The zero-order chi connectivity index (χ0) is 61.8. The summed E-state index contributed by atoms with van der Waals surface area (Å²) in [6.07, 6.45) is 8.53. The molecule has 10 rings (SSSR count). The lowest BCUT2D eigenvalue weighted by molar-refractivity contribution is -0.251. The molecule has 0 saturated carbocycles. The van der Waals surface area contributed by atoms with E-state index in [9.17, 15) is 9.59 Å². The van der Waals surface area contributed by atoms with Gasteiger partial charge in [0.1, 0.15) is 11.9 Å². The topological polar surface area (TPSA) is 138 Å². The molecule has 0 aromatic heterocycles. The number of carbonyl (C=O) groups excluding carboxylic acids is 3. The van der Waals surface area contributed by atoms with Crippen molar-refractivity contribution in [1.82, 2.24) is 4.90 Å². The van der Waals surface area contributed by atoms with Crippen LogP contribution in [0.4, 0.5) is 0 Å². The van der Waals surface area contributed by atoms with E-state index in [1.54, 1.807) is 31.4 Å². The fourth-order valence-corrected chi connectivity index (χ4v) is 17.5. The second kappa shape index (κ2) is 26.2. The van der Waals surface area contributed by atoms with Crippen LogP contribution in [0.1, 0.15) is 181 Å². The van der Waals surface area contributed by atoms with E-state index in [0.29, 0.717) is 30.4 Å². The first-order valence-electron chi connectivity index (χ1n) is 32.3. The van der Waals surface area contributed by atoms with Crippen molar-refractivity contribution in [1.29, 1.82) is 0 Å². The van der Waals surface area contributed by atoms with Crippen molar-refractivity contribution in [3.63, 3.8) is 0 Å². The Labute approximate surface area is 510 Å². The first kappa shape index (κ1) is 67.5. The summed E-state index contributed by atoms with van der Waals surface area (Å²) in [7, 11) is -5.52. The Balaban J connectivity index is 1.12. The van der Waals surface area contributed by atoms with Gasteiger partial charge in [0.05, 0.1) is 97.0 Å². The van der Waals surface area contributed by atoms with Gasteiger partial charge in [0.2, 0.25) is 0 Å². The number of fused-ring (bicyclic) bond motifs is 3. The van der Waals surface area contributed by atoms with E-state index >= 15 is 4.79 Å². The van der Waals surface area contributed by atoms with Gasteiger partial charge in [-0.15, -0.1) is 0 Å². The molecule has 9 aliphatic heterocycles. The Morgan fingerprint density at radius 2 is 1.20 bits per heavy atom. The summed E-state index contributed by atoms with van der Waals surface area (Å²) in [4.78, 5) is 44.4. The third kappa shape index (κ3) is 15.1. The van der Waals surface area contributed by atoms with Gasteiger partial charge in [-0.2, -0.15) is 0 Å². The van der Waals surface area contributed by atoms with E-state index in [-0.39, 0.29) is 137 Å². The lowest BCUT2D eigenvalue weighted by atomic mass is 9.80. The van der Waals surface area contributed by atoms with Gasteiger partial charge in [0.15, 0.2) is 25.0 Å². The molecule has 9 aliphatic rings. The van der Waals surface area contributed by atoms with Gasteiger partial charge >= 0.3 is 0 Å². The van der Waals surface area contributed by atoms with Gasteiger partial charge in [0, 0.05) is 44.6 Å². The fraction of sp³-hybridized carbons (Fsp3) is 0.779. The molecule has 0 spiro atoms. The predicted molar refractivity (Wildman–Crippen MR) is 341 cm³/mol. The van der Waals surface area contributed by atoms with Crippen molar-refractivity contribution in [3.05, 3.63) is 71.8 Å². The minimum Gasteiger partial charge on any atom is -0.412 e. The SMILES string of the molecule is C=C1C[C@@H]2CCC(C)/C=C/[C@H](O[Si](C)(C)C(C)(C)C)C3O[C@H]4CC[C@H](CC(=O)C[C@@H]5[C@@H](OC)[C@@H](C[C@@H](CN6C(=O)c7ccccc7C6=O)O[Si](C)(C)C(C)(C)C)O[C@H]5CC5O[C@@H](CCC1O2)C[C@@H](C)C5=C)O[C@@H]4[C@H](C)[C@@H]3O[Si](C)(C)C(C)(C)C. The van der Waals surface area contributed by atoms with Crippen molar-refractivity contribution < 1.29 is 56.1 Å². The number of Topliss-reactive ketones (excluding diaryl/α,β-unsaturated/α-hetero) is 1. The standard InChI is InChI=1S/C68H111NO12Si3/c1-41-26-28-47-35-43(3)54(74-47)32-29-48-34-42(2)44(4)57(75-48)39-58-53(62(73-15)59(77-58)38-50(79-82(16,17)66(6,7)8)40-69-64(71)51-24-22-23-25-52(51)65(69)72)37-46(70)36-49-30-33-55-60(76-49)45(5)61(81-84(20,21)68(12,13)14)63(78-55)56(31-27-41)80-83(18,19)67(9,10)11/h22-25,27,31,41-42,45,47-50,53-63H,3-4,26,28-30,32-40H2,1-2,5-21H3/b31-27+/t41?,42-,45+,47+,48+,49-,50+,53+,54?,55+,56+,57?,58+,59-,60-,61+,62-,63?/m1/s1. The average molecular weight is 1220 g/mol. The van der Waals surface area contributed by atoms with E-state index in [0.717, 1.165) is 56.1 Å². The maximum atomic E-state index is 15.1. The van der Waals surface area contributed by atoms with Gasteiger partial charge < -0.3 is 41.7 Å². The van der Waals surface area contributed by atoms with Crippen LogP contribution in [0, 0.1) is 23.7 Å². The zero-order valence-electron chi connectivity index (χ0n) is 55.3. The van der Waals surface area contributed by atoms with Gasteiger partial charge in [-0.05, 0) is 141 Å². The quantitative estimate of drug-likeness (QED) is 0.118. The highest BCUT2D eigenvalue weighted by Crippen LogP contribution is 2.48. The van der Waals surface area contributed by atoms with Crippen molar-refractivity contribution in [2.45, 2.75) is 300 Å². The average Bonchev–Trinajstić information content (AvgIpc) is 1.92. The van der Waals surface area contributed by atoms with E-state index in [2.05, 4.69) is 148 Å². The van der Waals surface area contributed by atoms with Crippen molar-refractivity contribution in [2.75, 3.05) is 13.7 Å². The summed E-state index contributed by atoms with van der Waals surface area (Å²) in [5.74, 6) is -0.474. The van der Waals surface area contributed by atoms with Gasteiger partial charge in [-0.1, -0.05) is 121 Å². The van der Waals surface area contributed by atoms with Crippen LogP contribution < -0.4 is 0 Å². The van der Waals surface area contributed by atoms with Crippen LogP contribution in [-0.4, -0.2) is 147 Å². The Morgan fingerprint density at radius 3 is 1.82 bits per heavy atom. The molecular weight excluding hydrogens is 1110 g/mol. The Morgan fingerprint density at radius 1 is 0.619 bits per heavy atom. The molecule has 16 heteroatoms. The van der Waals surface area contributed by atoms with Crippen molar-refractivity contribution >= 4 is 42.5 Å². The Hall–Kier alpha value is -2.46. The lowest BCUT2D eigenvalue weighted by Gasteiger charge is -2.54. The van der Waals surface area contributed by atoms with Crippen molar-refractivity contribution in [3.8, 4) is 0 Å². The summed E-state index contributed by atoms with van der Waals surface area (Å²) in [5.41, 5.74) is 2.99. The molecule has 0 aliphatic carbocycles. The van der Waals surface area contributed by atoms with Crippen LogP contribution in [0.25, 0.3) is 0 Å². The highest BCUT2D eigenvalue weighted by Gasteiger charge is 2.55. The van der Waals surface area contributed by atoms with Crippen LogP contribution in [0.5, 0.6) is 0 Å². The number of benzene rings is 1. The van der Waals surface area contributed by atoms with E-state index < -0.39 is 49.4 Å². The summed E-state index contributed by atoms with van der Waals surface area (Å²) in [6, 6.07) is 7.01. The second-order valence-electron chi connectivity index (χ2n) is 31.3. The van der Waals surface area contributed by atoms with Crippen LogP contribution in [-0.2, 0) is 46.5 Å². The van der Waals surface area contributed by atoms with Crippen LogP contribution in [0.2, 0.25) is 54.4 Å². The summed E-state index contributed by atoms with van der Waals surface area (Å²) in [6.45, 7) is 50.1. The number of allylic oxidation sites excluding steroid dienone is 1. The molecular formula is C68H111NO12Si3. The van der Waals surface area contributed by atoms with Crippen molar-refractivity contribution in [2.24, 2.45) is 23.7 Å². The van der Waals surface area contributed by atoms with E-state index in [1.165, 1.54) is 4.90 Å². The molecule has 18 atom stereocenters. The Bertz CT molecular complexity index is 2510. The second-order valence-corrected chi connectivity index (χ2v) is 45.6. The first-order valence-corrected chi connectivity index (χ1v) is 41.1. The molecule has 4 unspecified atom stereocenters. The van der Waals surface area contributed by atoms with Gasteiger partial charge in [-0.25, -0.2) is 0 Å². The van der Waals surface area contributed by atoms with Gasteiger partial charge in [-0.3, -0.25) is 19.3 Å². The number of rotatable bonds is 11. The number of methoxy groups -OCH3 is 1. The number of hydrogen-bond acceptors (Lipinski definition) is 12. The molecule has 1 aromatic rings. The predicted octanol–water partition coefficient (Wildman–Crippen LogP) is 14.8. The smallest absolute Gasteiger partial charge is 0.261 e. The molecule has 8 bridgehead atoms. The number of ether oxygens (including phenoxy) is 6. The largest absolute Gasteiger partial charge is 0.412 e. The number of nitrogens with zero attached hydrogens (tertiary/aromatic N) is 1. The summed E-state index contributed by atoms with van der Waals surface area (Å²) >= 11 is 0. The first-order chi connectivity index (χ1) is 39.0. The number of imide groups is 1. The molecule has 9 heterocycles. The van der Waals surface area contributed by atoms with Crippen LogP contribution in [0.15, 0.2) is 60.7 Å². The maximum Gasteiger partial charge on any atom is 0.261 e. The minimum atomic E-state index is -2.50. The van der Waals surface area contributed by atoms with Crippen LogP contribution >= 0.6 is 0 Å². The molecule has 84 heavy (non-hydrogen) atoms. The zero-order valence-corrected chi connectivity index (χ0v) is 58.3. The van der Waals surface area contributed by atoms with E-state index in [1.807, 2.05) is 0 Å². The van der Waals surface area contributed by atoms with Gasteiger partial charge in [0.25, 0.3) is 11.8 Å². The number of ketones is 1. The molecule has 0 N–H and O–H groups in total. The molecule has 5 saturated heterocycles. The highest BCUT2D eigenvalue weighted by atomic mass is 28.4. The molecule has 2 amide bonds. The lowest BCUT2D eigenvalue weighted by Crippen LogP contribution is -2.64. The fourth-order valence-electron chi connectivity index (χ4n) is 13.5. The molecule has 0 radical (unpaired) electrons. The Kier molecular flexibility index (Phi) is 21.0. The monoisotopic (exact) mass is 1220 g/mol. The third-order valence-electron chi connectivity index (χ3n) is 21.9. The third-order valence-corrected chi connectivity index (χ3v) is 35.4. The summed E-state index contributed by atoms with van der Waals surface area (Å²) in [5, 5.41) is -0.260. The molecule has 1 aromatic carbocycles. The number of hydrogen-bond donors (Lipinski definition) is 0. The highest BCUT2D eigenvalue weighted by molar-refractivity contribution is 6.75.